The number of carbonyl (C=O) groups excluding carboxylic acids is 1. The molecule has 0 spiro atoms. The normalized spacial score (nSPS) is 22.4. The molecule has 0 heterocycles. The number of non-ortho nitro benzene ring substituents is 1. The SMILES string of the molecule is NC1CCCCCC1NC(=O)c1cc([N+](=O)[O-])ccc1F. The van der Waals surface area contributed by atoms with Gasteiger partial charge in [0.15, 0.2) is 0 Å². The summed E-state index contributed by atoms with van der Waals surface area (Å²) in [7, 11) is 0. The van der Waals surface area contributed by atoms with Gasteiger partial charge < -0.3 is 11.1 Å². The fraction of sp³-hybridized carbons (Fsp3) is 0.500. The van der Waals surface area contributed by atoms with Gasteiger partial charge in [-0.2, -0.15) is 0 Å². The van der Waals surface area contributed by atoms with Gasteiger partial charge in [-0.25, -0.2) is 4.39 Å². The number of amides is 1. The molecule has 2 rings (SSSR count). The number of nitrogens with one attached hydrogen (secondary N) is 1. The zero-order valence-electron chi connectivity index (χ0n) is 11.5. The van der Waals surface area contributed by atoms with Gasteiger partial charge in [0.25, 0.3) is 11.6 Å². The lowest BCUT2D eigenvalue weighted by atomic mass is 10.0. The molecule has 7 heteroatoms. The number of nitro benzene ring substituents is 1. The summed E-state index contributed by atoms with van der Waals surface area (Å²) in [5, 5.41) is 13.4. The van der Waals surface area contributed by atoms with Crippen molar-refractivity contribution < 1.29 is 14.1 Å². The highest BCUT2D eigenvalue weighted by Crippen LogP contribution is 2.19. The second-order valence-corrected chi connectivity index (χ2v) is 5.30. The van der Waals surface area contributed by atoms with E-state index in [9.17, 15) is 19.3 Å². The second-order valence-electron chi connectivity index (χ2n) is 5.30. The lowest BCUT2D eigenvalue weighted by molar-refractivity contribution is -0.384. The standard InChI is InChI=1S/C14H18FN3O3/c15-11-7-6-9(18(20)21)8-10(11)14(19)17-13-5-3-1-2-4-12(13)16/h6-8,12-13H,1-5,16H2,(H,17,19). The van der Waals surface area contributed by atoms with Crippen LogP contribution in [0.4, 0.5) is 10.1 Å². The molecule has 3 N–H and O–H groups in total. The maximum atomic E-state index is 13.7. The van der Waals surface area contributed by atoms with E-state index in [1.165, 1.54) is 0 Å². The van der Waals surface area contributed by atoms with E-state index in [-0.39, 0.29) is 23.3 Å². The van der Waals surface area contributed by atoms with Crippen molar-refractivity contribution in [3.8, 4) is 0 Å². The molecule has 1 aromatic carbocycles. The van der Waals surface area contributed by atoms with Crippen molar-refractivity contribution in [2.75, 3.05) is 0 Å². The monoisotopic (exact) mass is 295 g/mol. The molecule has 0 aromatic heterocycles. The number of hydrogen-bond donors (Lipinski definition) is 2. The number of nitro groups is 1. The van der Waals surface area contributed by atoms with Crippen LogP contribution in [0.1, 0.15) is 42.5 Å². The summed E-state index contributed by atoms with van der Waals surface area (Å²) in [5.74, 6) is -1.43. The summed E-state index contributed by atoms with van der Waals surface area (Å²) in [6, 6.07) is 2.52. The molecule has 1 fully saturated rings. The van der Waals surface area contributed by atoms with E-state index < -0.39 is 16.6 Å². The summed E-state index contributed by atoms with van der Waals surface area (Å²) >= 11 is 0. The van der Waals surface area contributed by atoms with Crippen LogP contribution in [0.25, 0.3) is 0 Å². The molecule has 1 aliphatic rings. The Balaban J connectivity index is 2.15. The predicted molar refractivity (Wildman–Crippen MR) is 75.4 cm³/mol. The molecule has 0 bridgehead atoms. The highest BCUT2D eigenvalue weighted by atomic mass is 19.1. The van der Waals surface area contributed by atoms with Crippen molar-refractivity contribution in [1.82, 2.24) is 5.32 Å². The zero-order valence-corrected chi connectivity index (χ0v) is 11.5. The molecule has 2 atom stereocenters. The van der Waals surface area contributed by atoms with E-state index in [0.29, 0.717) is 0 Å². The minimum absolute atomic E-state index is 0.168. The minimum Gasteiger partial charge on any atom is -0.348 e. The van der Waals surface area contributed by atoms with Crippen LogP contribution in [0, 0.1) is 15.9 Å². The van der Waals surface area contributed by atoms with Crippen LogP contribution in [0.5, 0.6) is 0 Å². The van der Waals surface area contributed by atoms with Gasteiger partial charge in [0, 0.05) is 24.2 Å². The molecule has 1 saturated carbocycles. The van der Waals surface area contributed by atoms with Gasteiger partial charge in [-0.1, -0.05) is 19.3 Å². The highest BCUT2D eigenvalue weighted by Gasteiger charge is 2.24. The molecule has 0 aliphatic heterocycles. The number of carbonyl (C=O) groups is 1. The molecule has 1 aliphatic carbocycles. The van der Waals surface area contributed by atoms with Gasteiger partial charge in [0.2, 0.25) is 0 Å². The average molecular weight is 295 g/mol. The quantitative estimate of drug-likeness (QED) is 0.507. The molecule has 2 unspecified atom stereocenters. The van der Waals surface area contributed by atoms with Gasteiger partial charge in [-0.15, -0.1) is 0 Å². The Hall–Kier alpha value is -2.02. The smallest absolute Gasteiger partial charge is 0.270 e. The van der Waals surface area contributed by atoms with Crippen molar-refractivity contribution in [2.45, 2.75) is 44.2 Å². The van der Waals surface area contributed by atoms with Crippen LogP contribution in [-0.4, -0.2) is 22.9 Å². The number of nitrogens with zero attached hydrogens (tertiary/aromatic N) is 1. The minimum atomic E-state index is -0.778. The number of nitrogens with two attached hydrogens (primary N) is 1. The second kappa shape index (κ2) is 6.62. The Morgan fingerprint density at radius 1 is 1.33 bits per heavy atom. The molecule has 114 valence electrons. The van der Waals surface area contributed by atoms with Crippen molar-refractivity contribution in [3.05, 3.63) is 39.7 Å². The van der Waals surface area contributed by atoms with Gasteiger partial charge in [-0.05, 0) is 18.9 Å². The Morgan fingerprint density at radius 2 is 2.05 bits per heavy atom. The third-order valence-electron chi connectivity index (χ3n) is 3.79. The fourth-order valence-corrected chi connectivity index (χ4v) is 2.56. The Kier molecular flexibility index (Phi) is 4.85. The molecule has 1 amide bonds. The molecule has 0 saturated heterocycles. The molecular weight excluding hydrogens is 277 g/mol. The first-order valence-electron chi connectivity index (χ1n) is 6.99. The van der Waals surface area contributed by atoms with Crippen LogP contribution in [-0.2, 0) is 0 Å². The van der Waals surface area contributed by atoms with Crippen molar-refractivity contribution >= 4 is 11.6 Å². The summed E-state index contributed by atoms with van der Waals surface area (Å²) in [5.41, 5.74) is 5.37. The lowest BCUT2D eigenvalue weighted by Crippen LogP contribution is -2.47. The molecule has 21 heavy (non-hydrogen) atoms. The number of rotatable bonds is 3. The largest absolute Gasteiger partial charge is 0.348 e. The maximum Gasteiger partial charge on any atom is 0.270 e. The van der Waals surface area contributed by atoms with Crippen LogP contribution in [0.3, 0.4) is 0 Å². The third-order valence-corrected chi connectivity index (χ3v) is 3.79. The number of benzene rings is 1. The van der Waals surface area contributed by atoms with Gasteiger partial charge in [0.1, 0.15) is 5.82 Å². The van der Waals surface area contributed by atoms with E-state index in [1.54, 1.807) is 0 Å². The van der Waals surface area contributed by atoms with Crippen molar-refractivity contribution in [1.29, 1.82) is 0 Å². The predicted octanol–water partition coefficient (Wildman–Crippen LogP) is 2.12. The van der Waals surface area contributed by atoms with Crippen LogP contribution in [0.2, 0.25) is 0 Å². The first kappa shape index (κ1) is 15.4. The van der Waals surface area contributed by atoms with E-state index in [4.69, 9.17) is 5.73 Å². The first-order valence-corrected chi connectivity index (χ1v) is 6.99. The van der Waals surface area contributed by atoms with Crippen molar-refractivity contribution in [3.63, 3.8) is 0 Å². The topological polar surface area (TPSA) is 98.3 Å². The maximum absolute atomic E-state index is 13.7. The summed E-state index contributed by atoms with van der Waals surface area (Å²) in [6.45, 7) is 0. The van der Waals surface area contributed by atoms with Gasteiger partial charge in [0.05, 0.1) is 10.5 Å². The van der Waals surface area contributed by atoms with Crippen LogP contribution >= 0.6 is 0 Å². The Bertz CT molecular complexity index is 550. The number of halogens is 1. The van der Waals surface area contributed by atoms with E-state index in [2.05, 4.69) is 5.32 Å². The highest BCUT2D eigenvalue weighted by molar-refractivity contribution is 5.95. The first-order chi connectivity index (χ1) is 9.99. The summed E-state index contributed by atoms with van der Waals surface area (Å²) in [4.78, 5) is 22.2. The summed E-state index contributed by atoms with van der Waals surface area (Å²) < 4.78 is 13.7. The Labute approximate surface area is 121 Å². The van der Waals surface area contributed by atoms with Gasteiger partial charge in [-0.3, -0.25) is 14.9 Å². The zero-order chi connectivity index (χ0) is 15.4. The van der Waals surface area contributed by atoms with E-state index in [0.717, 1.165) is 50.3 Å². The average Bonchev–Trinajstić information content (AvgIpc) is 2.64. The Morgan fingerprint density at radius 3 is 2.76 bits per heavy atom. The molecule has 0 radical (unpaired) electrons. The van der Waals surface area contributed by atoms with Crippen LogP contribution in [0.15, 0.2) is 18.2 Å². The fourth-order valence-electron chi connectivity index (χ4n) is 2.56. The van der Waals surface area contributed by atoms with Gasteiger partial charge >= 0.3 is 0 Å². The molecule has 6 nitrogen and oxygen atoms in total. The third kappa shape index (κ3) is 3.75. The van der Waals surface area contributed by atoms with Crippen LogP contribution < -0.4 is 11.1 Å². The van der Waals surface area contributed by atoms with Crippen molar-refractivity contribution in [2.24, 2.45) is 5.73 Å². The number of hydrogen-bond acceptors (Lipinski definition) is 4. The molecule has 1 aromatic rings. The van der Waals surface area contributed by atoms with E-state index >= 15 is 0 Å². The molecular formula is C14H18FN3O3. The lowest BCUT2D eigenvalue weighted by Gasteiger charge is -2.22. The van der Waals surface area contributed by atoms with E-state index in [1.807, 2.05) is 0 Å². The summed E-state index contributed by atoms with van der Waals surface area (Å²) in [6.07, 6.45) is 4.58.